The Labute approximate surface area is 151 Å². The molecule has 0 aliphatic rings. The minimum atomic E-state index is -0.603. The predicted octanol–water partition coefficient (Wildman–Crippen LogP) is 3.23. The number of non-ortho nitro benzene ring substituents is 1. The number of nitro benzene ring substituents is 1. The molecule has 0 spiro atoms. The van der Waals surface area contributed by atoms with Crippen LogP contribution >= 0.6 is 0 Å². The third-order valence-electron chi connectivity index (χ3n) is 3.68. The van der Waals surface area contributed by atoms with E-state index in [1.54, 1.807) is 12.1 Å². The zero-order valence-electron chi connectivity index (χ0n) is 14.8. The van der Waals surface area contributed by atoms with E-state index in [1.807, 2.05) is 12.1 Å². The van der Waals surface area contributed by atoms with Gasteiger partial charge in [0.2, 0.25) is 0 Å². The van der Waals surface area contributed by atoms with Crippen LogP contribution in [0.4, 0.5) is 5.69 Å². The predicted molar refractivity (Wildman–Crippen MR) is 96.2 cm³/mol. The van der Waals surface area contributed by atoms with Crippen molar-refractivity contribution in [3.05, 3.63) is 69.8 Å². The van der Waals surface area contributed by atoms with Crippen LogP contribution in [-0.4, -0.2) is 23.3 Å². The van der Waals surface area contributed by atoms with E-state index in [2.05, 4.69) is 26.1 Å². The fourth-order valence-corrected chi connectivity index (χ4v) is 2.17. The summed E-state index contributed by atoms with van der Waals surface area (Å²) in [6, 6.07) is 12.4. The molecule has 7 nitrogen and oxygen atoms in total. The van der Waals surface area contributed by atoms with E-state index in [-0.39, 0.29) is 17.7 Å². The van der Waals surface area contributed by atoms with Crippen LogP contribution in [-0.2, 0) is 10.2 Å². The molecule has 2 amide bonds. The third-order valence-corrected chi connectivity index (χ3v) is 3.68. The number of ether oxygens (including phenoxy) is 1. The average molecular weight is 356 g/mol. The molecule has 0 heterocycles. The quantitative estimate of drug-likeness (QED) is 0.655. The lowest BCUT2D eigenvalue weighted by Gasteiger charge is -2.19. The molecule has 0 saturated heterocycles. The van der Waals surface area contributed by atoms with Crippen molar-refractivity contribution in [2.45, 2.75) is 26.2 Å². The van der Waals surface area contributed by atoms with Crippen molar-refractivity contribution in [1.82, 2.24) is 5.32 Å². The van der Waals surface area contributed by atoms with Crippen LogP contribution in [0.25, 0.3) is 0 Å². The Balaban J connectivity index is 1.88. The molecule has 2 aromatic rings. The first-order valence-corrected chi connectivity index (χ1v) is 7.99. The van der Waals surface area contributed by atoms with Crippen molar-refractivity contribution < 1.29 is 19.2 Å². The highest BCUT2D eigenvalue weighted by atomic mass is 16.6. The van der Waals surface area contributed by atoms with Crippen LogP contribution in [0.5, 0.6) is 5.75 Å². The molecule has 1 N–H and O–H groups in total. The number of hydrogen-bond donors (Lipinski definition) is 1. The minimum Gasteiger partial charge on any atom is -0.484 e. The highest BCUT2D eigenvalue weighted by molar-refractivity contribution is 6.05. The molecule has 0 aliphatic heterocycles. The molecule has 0 unspecified atom stereocenters. The van der Waals surface area contributed by atoms with Crippen LogP contribution in [0.1, 0.15) is 36.7 Å². The molecule has 136 valence electrons. The highest BCUT2D eigenvalue weighted by Crippen LogP contribution is 2.22. The number of nitro groups is 1. The number of nitrogens with zero attached hydrogens (tertiary/aromatic N) is 1. The van der Waals surface area contributed by atoms with E-state index in [9.17, 15) is 19.7 Å². The van der Waals surface area contributed by atoms with Gasteiger partial charge in [-0.15, -0.1) is 0 Å². The number of carbonyl (C=O) groups excluding carboxylic acids is 2. The van der Waals surface area contributed by atoms with Crippen LogP contribution in [0.15, 0.2) is 48.5 Å². The molecule has 7 heteroatoms. The monoisotopic (exact) mass is 356 g/mol. The van der Waals surface area contributed by atoms with Gasteiger partial charge in [0.1, 0.15) is 5.75 Å². The number of carbonyl (C=O) groups is 2. The highest BCUT2D eigenvalue weighted by Gasteiger charge is 2.15. The normalized spacial score (nSPS) is 10.9. The largest absolute Gasteiger partial charge is 0.484 e. The molecular formula is C19H20N2O5. The summed E-state index contributed by atoms with van der Waals surface area (Å²) in [7, 11) is 0. The molecule has 0 fully saturated rings. The molecule has 2 rings (SSSR count). The number of amides is 2. The van der Waals surface area contributed by atoms with Gasteiger partial charge in [0.25, 0.3) is 17.5 Å². The summed E-state index contributed by atoms with van der Waals surface area (Å²) in [5.74, 6) is -0.816. The Morgan fingerprint density at radius 1 is 1.04 bits per heavy atom. The van der Waals surface area contributed by atoms with Crippen molar-refractivity contribution in [3.63, 3.8) is 0 Å². The van der Waals surface area contributed by atoms with Crippen LogP contribution in [0.2, 0.25) is 0 Å². The summed E-state index contributed by atoms with van der Waals surface area (Å²) >= 11 is 0. The number of imide groups is 1. The Morgan fingerprint density at radius 3 is 2.12 bits per heavy atom. The van der Waals surface area contributed by atoms with Crippen LogP contribution in [0.3, 0.4) is 0 Å². The molecule has 0 saturated carbocycles. The second-order valence-electron chi connectivity index (χ2n) is 6.74. The number of nitrogens with one attached hydrogen (secondary N) is 1. The Hall–Kier alpha value is -3.22. The lowest BCUT2D eigenvalue weighted by Crippen LogP contribution is -2.34. The van der Waals surface area contributed by atoms with Gasteiger partial charge in [0.15, 0.2) is 6.61 Å². The van der Waals surface area contributed by atoms with Gasteiger partial charge in [-0.2, -0.15) is 0 Å². The van der Waals surface area contributed by atoms with Gasteiger partial charge in [0.05, 0.1) is 4.92 Å². The minimum absolute atomic E-state index is 0.0244. The van der Waals surface area contributed by atoms with E-state index >= 15 is 0 Å². The van der Waals surface area contributed by atoms with Gasteiger partial charge in [-0.05, 0) is 35.2 Å². The summed E-state index contributed by atoms with van der Waals surface area (Å²) in [6.45, 7) is 5.84. The van der Waals surface area contributed by atoms with Gasteiger partial charge >= 0.3 is 0 Å². The molecule has 0 radical (unpaired) electrons. The third kappa shape index (κ3) is 5.14. The van der Waals surface area contributed by atoms with Gasteiger partial charge in [-0.25, -0.2) is 0 Å². The number of benzene rings is 2. The van der Waals surface area contributed by atoms with Crippen LogP contribution < -0.4 is 10.1 Å². The first-order valence-electron chi connectivity index (χ1n) is 7.99. The van der Waals surface area contributed by atoms with E-state index in [1.165, 1.54) is 24.3 Å². The zero-order chi connectivity index (χ0) is 19.3. The lowest BCUT2D eigenvalue weighted by atomic mass is 9.87. The van der Waals surface area contributed by atoms with Gasteiger partial charge in [-0.3, -0.25) is 25.0 Å². The maximum atomic E-state index is 12.1. The molecular weight excluding hydrogens is 336 g/mol. The molecule has 26 heavy (non-hydrogen) atoms. The average Bonchev–Trinajstić information content (AvgIpc) is 2.59. The van der Waals surface area contributed by atoms with E-state index in [0.717, 1.165) is 5.56 Å². The standard InChI is InChI=1S/C19H20N2O5/c1-19(2,3)14-6-4-13(5-7-14)18(23)20-17(22)12-26-16-10-8-15(9-11-16)21(24)25/h4-11H,12H2,1-3H3,(H,20,22,23). The fraction of sp³-hybridized carbons (Fsp3) is 0.263. The van der Waals surface area contributed by atoms with Crippen molar-refractivity contribution in [3.8, 4) is 5.75 Å². The van der Waals surface area contributed by atoms with Crippen molar-refractivity contribution >= 4 is 17.5 Å². The van der Waals surface area contributed by atoms with E-state index < -0.39 is 16.7 Å². The maximum Gasteiger partial charge on any atom is 0.269 e. The first kappa shape index (κ1) is 19.1. The van der Waals surface area contributed by atoms with Gasteiger partial charge in [-0.1, -0.05) is 32.9 Å². The second kappa shape index (κ2) is 7.77. The molecule has 0 aliphatic carbocycles. The smallest absolute Gasteiger partial charge is 0.269 e. The van der Waals surface area contributed by atoms with Gasteiger partial charge in [0, 0.05) is 17.7 Å². The van der Waals surface area contributed by atoms with E-state index in [4.69, 9.17) is 4.74 Å². The molecule has 0 atom stereocenters. The Morgan fingerprint density at radius 2 is 1.62 bits per heavy atom. The molecule has 2 aromatic carbocycles. The first-order chi connectivity index (χ1) is 12.2. The maximum absolute atomic E-state index is 12.1. The van der Waals surface area contributed by atoms with E-state index in [0.29, 0.717) is 11.3 Å². The van der Waals surface area contributed by atoms with Crippen LogP contribution in [0, 0.1) is 10.1 Å². The molecule has 0 bridgehead atoms. The summed E-state index contributed by atoms with van der Waals surface area (Å²) in [4.78, 5) is 34.0. The van der Waals surface area contributed by atoms with Crippen molar-refractivity contribution in [1.29, 1.82) is 0 Å². The lowest BCUT2D eigenvalue weighted by molar-refractivity contribution is -0.384. The SMILES string of the molecule is CC(C)(C)c1ccc(C(=O)NC(=O)COc2ccc([N+](=O)[O-])cc2)cc1. The number of hydrogen-bond acceptors (Lipinski definition) is 5. The summed E-state index contributed by atoms with van der Waals surface area (Å²) in [5, 5.41) is 12.8. The van der Waals surface area contributed by atoms with Crippen molar-refractivity contribution in [2.75, 3.05) is 6.61 Å². The zero-order valence-corrected chi connectivity index (χ0v) is 14.8. The van der Waals surface area contributed by atoms with Crippen molar-refractivity contribution in [2.24, 2.45) is 0 Å². The molecule has 0 aromatic heterocycles. The Bertz CT molecular complexity index is 805. The summed E-state index contributed by atoms with van der Waals surface area (Å²) in [6.07, 6.45) is 0. The number of rotatable bonds is 5. The second-order valence-corrected chi connectivity index (χ2v) is 6.74. The summed E-state index contributed by atoms with van der Waals surface area (Å²) in [5.41, 5.74) is 1.36. The Kier molecular flexibility index (Phi) is 5.71. The topological polar surface area (TPSA) is 98.5 Å². The summed E-state index contributed by atoms with van der Waals surface area (Å²) < 4.78 is 5.22. The fourth-order valence-electron chi connectivity index (χ4n) is 2.17. The van der Waals surface area contributed by atoms with Gasteiger partial charge < -0.3 is 4.74 Å².